The predicted molar refractivity (Wildman–Crippen MR) is 61.5 cm³/mol. The average Bonchev–Trinajstić information content (AvgIpc) is 2.24. The van der Waals surface area contributed by atoms with Gasteiger partial charge in [0.25, 0.3) is 5.78 Å². The summed E-state index contributed by atoms with van der Waals surface area (Å²) in [4.78, 5) is 22.9. The van der Waals surface area contributed by atoms with Crippen molar-refractivity contribution in [3.63, 3.8) is 0 Å². The van der Waals surface area contributed by atoms with Crippen LogP contribution in [0.1, 0.15) is 22.8 Å². The monoisotopic (exact) mass is 286 g/mol. The third-order valence-electron chi connectivity index (χ3n) is 2.02. The second-order valence-electron chi connectivity index (χ2n) is 3.14. The van der Waals surface area contributed by atoms with Crippen molar-refractivity contribution < 1.29 is 19.4 Å². The van der Waals surface area contributed by atoms with E-state index >= 15 is 0 Å². The number of ether oxygens (including phenoxy) is 1. The number of carbonyl (C=O) groups excluding carboxylic acids is 2. The van der Waals surface area contributed by atoms with Crippen molar-refractivity contribution in [3.05, 3.63) is 27.7 Å². The van der Waals surface area contributed by atoms with Crippen LogP contribution in [-0.4, -0.2) is 23.5 Å². The standard InChI is InChI=1S/C11H11BrO4/c1-3-16-11(15)10(14)8-6(2)4-5-7(12)9(8)13/h4-5,13H,3H2,1-2H3. The molecule has 0 fully saturated rings. The minimum atomic E-state index is -0.959. The molecule has 0 aliphatic heterocycles. The van der Waals surface area contributed by atoms with Crippen molar-refractivity contribution in [3.8, 4) is 5.75 Å². The van der Waals surface area contributed by atoms with Gasteiger partial charge < -0.3 is 9.84 Å². The molecule has 0 bridgehead atoms. The average molecular weight is 287 g/mol. The molecule has 0 unspecified atom stereocenters. The van der Waals surface area contributed by atoms with Gasteiger partial charge >= 0.3 is 5.97 Å². The first-order valence-corrected chi connectivity index (χ1v) is 5.47. The normalized spacial score (nSPS) is 9.94. The molecule has 5 heteroatoms. The lowest BCUT2D eigenvalue weighted by Gasteiger charge is -2.08. The van der Waals surface area contributed by atoms with Crippen LogP contribution in [0.25, 0.3) is 0 Å². The number of carbonyl (C=O) groups is 2. The molecule has 0 aliphatic rings. The molecule has 0 spiro atoms. The fourth-order valence-corrected chi connectivity index (χ4v) is 1.58. The van der Waals surface area contributed by atoms with Gasteiger partial charge in [0.2, 0.25) is 0 Å². The zero-order valence-electron chi connectivity index (χ0n) is 8.91. The van der Waals surface area contributed by atoms with E-state index in [2.05, 4.69) is 20.7 Å². The van der Waals surface area contributed by atoms with E-state index in [0.717, 1.165) is 0 Å². The van der Waals surface area contributed by atoms with E-state index in [1.807, 2.05) is 0 Å². The van der Waals surface area contributed by atoms with Crippen molar-refractivity contribution in [2.45, 2.75) is 13.8 Å². The number of benzene rings is 1. The molecule has 1 N–H and O–H groups in total. The second kappa shape index (κ2) is 5.12. The molecule has 1 rings (SSSR count). The smallest absolute Gasteiger partial charge is 0.379 e. The van der Waals surface area contributed by atoms with E-state index in [0.29, 0.717) is 10.0 Å². The maximum atomic E-state index is 11.7. The Morgan fingerprint density at radius 3 is 2.62 bits per heavy atom. The van der Waals surface area contributed by atoms with Crippen molar-refractivity contribution >= 4 is 27.7 Å². The molecule has 16 heavy (non-hydrogen) atoms. The highest BCUT2D eigenvalue weighted by Gasteiger charge is 2.24. The Morgan fingerprint density at radius 1 is 1.44 bits per heavy atom. The molecular formula is C11H11BrO4. The maximum absolute atomic E-state index is 11.7. The number of ketones is 1. The van der Waals surface area contributed by atoms with Crippen LogP contribution in [0.5, 0.6) is 5.75 Å². The van der Waals surface area contributed by atoms with Crippen LogP contribution in [0.2, 0.25) is 0 Å². The van der Waals surface area contributed by atoms with Gasteiger partial charge in [-0.1, -0.05) is 6.07 Å². The van der Waals surface area contributed by atoms with Gasteiger partial charge in [0.15, 0.2) is 0 Å². The molecule has 0 atom stereocenters. The number of hydrogen-bond donors (Lipinski definition) is 1. The Hall–Kier alpha value is -1.36. The number of halogens is 1. The maximum Gasteiger partial charge on any atom is 0.379 e. The lowest BCUT2D eigenvalue weighted by Crippen LogP contribution is -2.18. The van der Waals surface area contributed by atoms with Crippen molar-refractivity contribution in [1.29, 1.82) is 0 Å². The summed E-state index contributed by atoms with van der Waals surface area (Å²) in [6.07, 6.45) is 0. The molecule has 0 aliphatic carbocycles. The molecule has 0 radical (unpaired) electrons. The van der Waals surface area contributed by atoms with E-state index in [1.54, 1.807) is 26.0 Å². The van der Waals surface area contributed by atoms with Gasteiger partial charge in [-0.05, 0) is 41.4 Å². The number of aromatic hydroxyl groups is 1. The van der Waals surface area contributed by atoms with Gasteiger partial charge in [0, 0.05) is 0 Å². The third kappa shape index (κ3) is 2.41. The lowest BCUT2D eigenvalue weighted by atomic mass is 10.0. The number of phenolic OH excluding ortho intramolecular Hbond substituents is 1. The van der Waals surface area contributed by atoms with E-state index in [9.17, 15) is 14.7 Å². The summed E-state index contributed by atoms with van der Waals surface area (Å²) >= 11 is 3.08. The highest BCUT2D eigenvalue weighted by Crippen LogP contribution is 2.30. The third-order valence-corrected chi connectivity index (χ3v) is 2.66. The van der Waals surface area contributed by atoms with E-state index < -0.39 is 11.8 Å². The molecule has 1 aromatic rings. The van der Waals surface area contributed by atoms with Crippen LogP contribution < -0.4 is 0 Å². The van der Waals surface area contributed by atoms with Crippen LogP contribution in [0, 0.1) is 6.92 Å². The summed E-state index contributed by atoms with van der Waals surface area (Å²) in [6.45, 7) is 3.37. The number of aryl methyl sites for hydroxylation is 1. The molecule has 0 amide bonds. The zero-order valence-corrected chi connectivity index (χ0v) is 10.5. The first-order valence-electron chi connectivity index (χ1n) is 4.68. The predicted octanol–water partition coefficient (Wildman–Crippen LogP) is 2.21. The molecule has 0 aromatic heterocycles. The van der Waals surface area contributed by atoms with Gasteiger partial charge in [0.05, 0.1) is 16.6 Å². The van der Waals surface area contributed by atoms with Crippen LogP contribution in [-0.2, 0) is 9.53 Å². The number of phenols is 1. The molecule has 0 heterocycles. The first kappa shape index (κ1) is 12.7. The number of esters is 1. The molecule has 4 nitrogen and oxygen atoms in total. The fourth-order valence-electron chi connectivity index (χ4n) is 1.25. The van der Waals surface area contributed by atoms with Crippen molar-refractivity contribution in [1.82, 2.24) is 0 Å². The molecule has 1 aromatic carbocycles. The number of rotatable bonds is 3. The van der Waals surface area contributed by atoms with Crippen LogP contribution >= 0.6 is 15.9 Å². The summed E-state index contributed by atoms with van der Waals surface area (Å²) in [5.41, 5.74) is 0.506. The highest BCUT2D eigenvalue weighted by molar-refractivity contribution is 9.10. The minimum absolute atomic E-state index is 0.0205. The molecule has 86 valence electrons. The topological polar surface area (TPSA) is 63.6 Å². The summed E-state index contributed by atoms with van der Waals surface area (Å²) < 4.78 is 4.96. The van der Waals surface area contributed by atoms with Crippen molar-refractivity contribution in [2.24, 2.45) is 0 Å². The van der Waals surface area contributed by atoms with E-state index in [1.165, 1.54) is 0 Å². The highest BCUT2D eigenvalue weighted by atomic mass is 79.9. The van der Waals surface area contributed by atoms with E-state index in [-0.39, 0.29) is 17.9 Å². The molecular weight excluding hydrogens is 276 g/mol. The first-order chi connectivity index (χ1) is 7.49. The van der Waals surface area contributed by atoms with Gasteiger partial charge in [-0.25, -0.2) is 4.79 Å². The summed E-state index contributed by atoms with van der Waals surface area (Å²) in [7, 11) is 0. The zero-order chi connectivity index (χ0) is 12.3. The number of hydrogen-bond acceptors (Lipinski definition) is 4. The van der Waals surface area contributed by atoms with Gasteiger partial charge in [-0.3, -0.25) is 4.79 Å². The summed E-state index contributed by atoms with van der Waals surface area (Å²) in [6, 6.07) is 3.24. The van der Waals surface area contributed by atoms with Gasteiger partial charge in [-0.2, -0.15) is 0 Å². The minimum Gasteiger partial charge on any atom is -0.506 e. The second-order valence-corrected chi connectivity index (χ2v) is 3.99. The van der Waals surface area contributed by atoms with Gasteiger partial charge in [0.1, 0.15) is 5.75 Å². The quantitative estimate of drug-likeness (QED) is 0.526. The molecule has 0 saturated carbocycles. The Morgan fingerprint density at radius 2 is 2.06 bits per heavy atom. The summed E-state index contributed by atoms with van der Waals surface area (Å²) in [5.74, 6) is -2.03. The summed E-state index contributed by atoms with van der Waals surface area (Å²) in [5, 5.41) is 9.69. The van der Waals surface area contributed by atoms with Crippen LogP contribution in [0.4, 0.5) is 0 Å². The largest absolute Gasteiger partial charge is 0.506 e. The SMILES string of the molecule is CCOC(=O)C(=O)c1c(C)ccc(Br)c1O. The Balaban J connectivity index is 3.18. The Kier molecular flexibility index (Phi) is 4.06. The fraction of sp³-hybridized carbons (Fsp3) is 0.273. The lowest BCUT2D eigenvalue weighted by molar-refractivity contribution is -0.137. The van der Waals surface area contributed by atoms with Gasteiger partial charge in [-0.15, -0.1) is 0 Å². The van der Waals surface area contributed by atoms with Crippen LogP contribution in [0.3, 0.4) is 0 Å². The number of Topliss-reactive ketones (excluding diaryl/α,β-unsaturated/α-hetero) is 1. The van der Waals surface area contributed by atoms with E-state index in [4.69, 9.17) is 0 Å². The van der Waals surface area contributed by atoms with Crippen molar-refractivity contribution in [2.75, 3.05) is 6.61 Å². The molecule has 0 saturated heterocycles. The van der Waals surface area contributed by atoms with Crippen LogP contribution in [0.15, 0.2) is 16.6 Å². The Labute approximate surface area is 101 Å². The Bertz CT molecular complexity index is 440.